The number of rotatable bonds is 9. The van der Waals surface area contributed by atoms with E-state index in [9.17, 15) is 18.8 Å². The molecule has 8 heteroatoms. The largest absolute Gasteiger partial charge is 0.383 e. The monoisotopic (exact) mass is 365 g/mol. The zero-order valence-corrected chi connectivity index (χ0v) is 15.0. The van der Waals surface area contributed by atoms with Gasteiger partial charge in [0.1, 0.15) is 17.9 Å². The van der Waals surface area contributed by atoms with Gasteiger partial charge in [0.2, 0.25) is 5.91 Å². The third-order valence-corrected chi connectivity index (χ3v) is 4.35. The Labute approximate surface area is 151 Å². The van der Waals surface area contributed by atoms with Crippen LogP contribution in [-0.2, 0) is 19.9 Å². The fourth-order valence-corrected chi connectivity index (χ4v) is 2.95. The van der Waals surface area contributed by atoms with Crippen LogP contribution >= 0.6 is 0 Å². The van der Waals surface area contributed by atoms with E-state index in [1.165, 1.54) is 31.4 Å². The van der Waals surface area contributed by atoms with Crippen molar-refractivity contribution in [3.8, 4) is 0 Å². The molecular weight excluding hydrogens is 341 g/mol. The Hall–Kier alpha value is -2.48. The number of unbranched alkanes of at least 4 members (excludes halogenated alkanes) is 1. The lowest BCUT2D eigenvalue weighted by molar-refractivity contribution is -0.135. The Morgan fingerprint density at radius 1 is 1.31 bits per heavy atom. The van der Waals surface area contributed by atoms with Crippen LogP contribution in [0, 0.1) is 5.82 Å². The zero-order chi connectivity index (χ0) is 19.2. The van der Waals surface area contributed by atoms with E-state index in [4.69, 9.17) is 4.74 Å². The predicted molar refractivity (Wildman–Crippen MR) is 92.7 cm³/mol. The molecule has 0 saturated carbocycles. The lowest BCUT2D eigenvalue weighted by atomic mass is 9.85. The minimum Gasteiger partial charge on any atom is -0.383 e. The molecule has 7 nitrogen and oxygen atoms in total. The zero-order valence-electron chi connectivity index (χ0n) is 15.0. The topological polar surface area (TPSA) is 87.7 Å². The quantitative estimate of drug-likeness (QED) is 0.513. The standard InChI is InChI=1S/C18H24FN3O4/c1-3-4-9-18(13-5-7-14(19)8-6-13)16(24)22(17(25)21-18)12-15(23)20-10-11-26-2/h5-8H,3-4,9-12H2,1-2H3,(H,20,23)(H,21,25)/t18-/m0/s1. The molecule has 1 aliphatic heterocycles. The highest BCUT2D eigenvalue weighted by atomic mass is 19.1. The molecule has 0 unspecified atom stereocenters. The number of imide groups is 1. The van der Waals surface area contributed by atoms with E-state index in [0.29, 0.717) is 25.0 Å². The summed E-state index contributed by atoms with van der Waals surface area (Å²) in [5, 5.41) is 5.30. The fourth-order valence-electron chi connectivity index (χ4n) is 2.95. The number of methoxy groups -OCH3 is 1. The number of halogens is 1. The lowest BCUT2D eigenvalue weighted by Crippen LogP contribution is -2.45. The average molecular weight is 365 g/mol. The lowest BCUT2D eigenvalue weighted by Gasteiger charge is -2.27. The van der Waals surface area contributed by atoms with Crippen molar-refractivity contribution in [1.29, 1.82) is 0 Å². The second-order valence-electron chi connectivity index (χ2n) is 6.18. The maximum absolute atomic E-state index is 13.3. The molecule has 1 aliphatic rings. The van der Waals surface area contributed by atoms with Crippen molar-refractivity contribution >= 4 is 17.8 Å². The van der Waals surface area contributed by atoms with Gasteiger partial charge in [-0.3, -0.25) is 14.5 Å². The molecule has 1 atom stereocenters. The van der Waals surface area contributed by atoms with Crippen molar-refractivity contribution in [2.24, 2.45) is 0 Å². The van der Waals surface area contributed by atoms with Crippen LogP contribution in [0.4, 0.5) is 9.18 Å². The van der Waals surface area contributed by atoms with Gasteiger partial charge in [0.15, 0.2) is 0 Å². The fraction of sp³-hybridized carbons (Fsp3) is 0.500. The number of hydrogen-bond donors (Lipinski definition) is 2. The van der Waals surface area contributed by atoms with Crippen molar-refractivity contribution in [2.75, 3.05) is 26.8 Å². The van der Waals surface area contributed by atoms with Gasteiger partial charge in [-0.1, -0.05) is 31.9 Å². The molecule has 0 bridgehead atoms. The van der Waals surface area contributed by atoms with Gasteiger partial charge in [-0.15, -0.1) is 0 Å². The molecule has 1 aromatic carbocycles. The van der Waals surface area contributed by atoms with Gasteiger partial charge < -0.3 is 15.4 Å². The third-order valence-electron chi connectivity index (χ3n) is 4.35. The molecule has 0 radical (unpaired) electrons. The van der Waals surface area contributed by atoms with Gasteiger partial charge in [0.05, 0.1) is 6.61 Å². The van der Waals surface area contributed by atoms with Gasteiger partial charge in [-0.25, -0.2) is 9.18 Å². The van der Waals surface area contributed by atoms with Crippen LogP contribution in [-0.4, -0.2) is 49.6 Å². The SMILES string of the molecule is CCCC[C@@]1(c2ccc(F)cc2)NC(=O)N(CC(=O)NCCOC)C1=O. The summed E-state index contributed by atoms with van der Waals surface area (Å²) < 4.78 is 18.1. The van der Waals surface area contributed by atoms with Crippen molar-refractivity contribution in [3.63, 3.8) is 0 Å². The molecule has 0 aliphatic carbocycles. The van der Waals surface area contributed by atoms with Crippen LogP contribution in [0.5, 0.6) is 0 Å². The van der Waals surface area contributed by atoms with Gasteiger partial charge in [-0.2, -0.15) is 0 Å². The molecule has 1 aromatic rings. The summed E-state index contributed by atoms with van der Waals surface area (Å²) in [6.07, 6.45) is 1.89. The van der Waals surface area contributed by atoms with E-state index in [1.807, 2.05) is 6.92 Å². The van der Waals surface area contributed by atoms with Gasteiger partial charge >= 0.3 is 6.03 Å². The number of benzene rings is 1. The van der Waals surface area contributed by atoms with Crippen molar-refractivity contribution in [3.05, 3.63) is 35.6 Å². The number of amides is 4. The Morgan fingerprint density at radius 2 is 2.00 bits per heavy atom. The van der Waals surface area contributed by atoms with E-state index in [-0.39, 0.29) is 13.1 Å². The average Bonchev–Trinajstić information content (AvgIpc) is 2.86. The van der Waals surface area contributed by atoms with E-state index < -0.39 is 29.2 Å². The highest BCUT2D eigenvalue weighted by Crippen LogP contribution is 2.34. The van der Waals surface area contributed by atoms with E-state index >= 15 is 0 Å². The van der Waals surface area contributed by atoms with Crippen LogP contribution in [0.2, 0.25) is 0 Å². The summed E-state index contributed by atoms with van der Waals surface area (Å²) in [5.41, 5.74) is -0.763. The second-order valence-corrected chi connectivity index (χ2v) is 6.18. The Kier molecular flexibility index (Phi) is 6.68. The number of nitrogens with one attached hydrogen (secondary N) is 2. The minimum atomic E-state index is -1.27. The summed E-state index contributed by atoms with van der Waals surface area (Å²) >= 11 is 0. The maximum Gasteiger partial charge on any atom is 0.325 e. The highest BCUT2D eigenvalue weighted by molar-refractivity contribution is 6.09. The molecule has 0 spiro atoms. The first-order chi connectivity index (χ1) is 12.4. The summed E-state index contributed by atoms with van der Waals surface area (Å²) in [7, 11) is 1.51. The summed E-state index contributed by atoms with van der Waals surface area (Å²) in [6, 6.07) is 4.86. The molecule has 0 aromatic heterocycles. The highest BCUT2D eigenvalue weighted by Gasteiger charge is 2.52. The maximum atomic E-state index is 13.3. The van der Waals surface area contributed by atoms with E-state index in [0.717, 1.165) is 11.3 Å². The second kappa shape index (κ2) is 8.75. The first-order valence-corrected chi connectivity index (χ1v) is 8.60. The summed E-state index contributed by atoms with van der Waals surface area (Å²) in [6.45, 7) is 2.23. The third kappa shape index (κ3) is 4.19. The van der Waals surface area contributed by atoms with Crippen LogP contribution in [0.15, 0.2) is 24.3 Å². The first kappa shape index (κ1) is 19.8. The number of ether oxygens (including phenoxy) is 1. The molecule has 1 heterocycles. The van der Waals surface area contributed by atoms with Crippen molar-refractivity contribution in [1.82, 2.24) is 15.5 Å². The molecule has 4 amide bonds. The number of urea groups is 1. The smallest absolute Gasteiger partial charge is 0.325 e. The molecule has 26 heavy (non-hydrogen) atoms. The molecule has 1 fully saturated rings. The molecular formula is C18H24FN3O4. The predicted octanol–water partition coefficient (Wildman–Crippen LogP) is 1.53. The number of carbonyl (C=O) groups is 3. The Morgan fingerprint density at radius 3 is 2.62 bits per heavy atom. The van der Waals surface area contributed by atoms with Crippen molar-refractivity contribution in [2.45, 2.75) is 31.7 Å². The van der Waals surface area contributed by atoms with Gasteiger partial charge in [-0.05, 0) is 24.1 Å². The molecule has 2 rings (SSSR count). The van der Waals surface area contributed by atoms with E-state index in [1.54, 1.807) is 0 Å². The Balaban J connectivity index is 2.22. The van der Waals surface area contributed by atoms with Crippen LogP contribution in [0.3, 0.4) is 0 Å². The van der Waals surface area contributed by atoms with E-state index in [2.05, 4.69) is 10.6 Å². The van der Waals surface area contributed by atoms with Gasteiger partial charge in [0, 0.05) is 13.7 Å². The Bertz CT molecular complexity index is 665. The minimum absolute atomic E-state index is 0.290. The number of carbonyl (C=O) groups excluding carboxylic acids is 3. The van der Waals surface area contributed by atoms with Gasteiger partial charge in [0.25, 0.3) is 5.91 Å². The number of nitrogens with zero attached hydrogens (tertiary/aromatic N) is 1. The van der Waals surface area contributed by atoms with Crippen LogP contribution < -0.4 is 10.6 Å². The van der Waals surface area contributed by atoms with Crippen LogP contribution in [0.25, 0.3) is 0 Å². The first-order valence-electron chi connectivity index (χ1n) is 8.60. The summed E-state index contributed by atoms with van der Waals surface area (Å²) in [4.78, 5) is 38.3. The van der Waals surface area contributed by atoms with Crippen LogP contribution in [0.1, 0.15) is 31.7 Å². The number of hydrogen-bond acceptors (Lipinski definition) is 4. The van der Waals surface area contributed by atoms with Crippen molar-refractivity contribution < 1.29 is 23.5 Å². The molecule has 2 N–H and O–H groups in total. The molecule has 142 valence electrons. The summed E-state index contributed by atoms with van der Waals surface area (Å²) in [5.74, 6) is -1.37. The normalized spacial score (nSPS) is 19.6. The molecule has 1 saturated heterocycles.